The maximum Gasteiger partial charge on any atom is 0.275 e. The highest BCUT2D eigenvalue weighted by Crippen LogP contribution is 2.23. The van der Waals surface area contributed by atoms with Crippen molar-refractivity contribution in [3.63, 3.8) is 0 Å². The molecule has 21 heavy (non-hydrogen) atoms. The van der Waals surface area contributed by atoms with Crippen molar-refractivity contribution >= 4 is 21.6 Å². The average Bonchev–Trinajstić information content (AvgIpc) is 2.49. The zero-order chi connectivity index (χ0) is 15.2. The van der Waals surface area contributed by atoms with Crippen molar-refractivity contribution in [1.29, 1.82) is 0 Å². The van der Waals surface area contributed by atoms with E-state index in [1.807, 2.05) is 12.1 Å². The van der Waals surface area contributed by atoms with Crippen LogP contribution in [0, 0.1) is 16.0 Å². The summed E-state index contributed by atoms with van der Waals surface area (Å²) in [4.78, 5) is 13.2. The Morgan fingerprint density at radius 1 is 1.43 bits per heavy atom. The molecule has 1 saturated heterocycles. The van der Waals surface area contributed by atoms with E-state index in [0.717, 1.165) is 23.1 Å². The van der Waals surface area contributed by atoms with Gasteiger partial charge in [-0.05, 0) is 57.1 Å². The largest absolute Gasteiger partial charge is 0.312 e. The van der Waals surface area contributed by atoms with Gasteiger partial charge in [0.1, 0.15) is 0 Å². The third kappa shape index (κ3) is 4.76. The second kappa shape index (κ2) is 7.87. The van der Waals surface area contributed by atoms with E-state index in [9.17, 15) is 10.1 Å². The molecular weight excluding hydrogens is 334 g/mol. The second-order valence-corrected chi connectivity index (χ2v) is 6.45. The number of hydrogen-bond donors (Lipinski definition) is 1. The first-order chi connectivity index (χ1) is 10.1. The standard InChI is InChI=1S/C15H22BrN3O2/c1-2-18-7-5-12(6-8-18)10-17-11-13-3-4-14(16)9-15(13)19(20)21/h3-4,9,12,17H,2,5-8,10-11H2,1H3. The van der Waals surface area contributed by atoms with Crippen LogP contribution < -0.4 is 5.32 Å². The maximum absolute atomic E-state index is 11.1. The first-order valence-corrected chi connectivity index (χ1v) is 8.25. The molecule has 1 N–H and O–H groups in total. The number of rotatable bonds is 6. The predicted octanol–water partition coefficient (Wildman–Crippen LogP) is 3.18. The van der Waals surface area contributed by atoms with Crippen molar-refractivity contribution in [2.75, 3.05) is 26.2 Å². The van der Waals surface area contributed by atoms with Crippen LogP contribution >= 0.6 is 15.9 Å². The molecule has 1 aliphatic heterocycles. The van der Waals surface area contributed by atoms with E-state index in [-0.39, 0.29) is 10.6 Å². The molecule has 1 fully saturated rings. The van der Waals surface area contributed by atoms with Gasteiger partial charge in [0.2, 0.25) is 0 Å². The smallest absolute Gasteiger partial charge is 0.275 e. The van der Waals surface area contributed by atoms with Crippen LogP contribution in [0.3, 0.4) is 0 Å². The van der Waals surface area contributed by atoms with Crippen LogP contribution in [0.15, 0.2) is 22.7 Å². The third-order valence-corrected chi connectivity index (χ3v) is 4.64. The molecule has 0 bridgehead atoms. The van der Waals surface area contributed by atoms with Crippen LogP contribution in [0.5, 0.6) is 0 Å². The highest BCUT2D eigenvalue weighted by atomic mass is 79.9. The summed E-state index contributed by atoms with van der Waals surface area (Å²) in [7, 11) is 0. The van der Waals surface area contributed by atoms with Gasteiger partial charge in [-0.15, -0.1) is 0 Å². The molecule has 0 aromatic heterocycles. The second-order valence-electron chi connectivity index (χ2n) is 5.54. The number of hydrogen-bond acceptors (Lipinski definition) is 4. The van der Waals surface area contributed by atoms with Gasteiger partial charge < -0.3 is 10.2 Å². The minimum atomic E-state index is -0.318. The first kappa shape index (κ1) is 16.4. The van der Waals surface area contributed by atoms with Crippen LogP contribution in [-0.2, 0) is 6.54 Å². The number of likely N-dealkylation sites (tertiary alicyclic amines) is 1. The lowest BCUT2D eigenvalue weighted by Crippen LogP contribution is -2.37. The zero-order valence-corrected chi connectivity index (χ0v) is 13.9. The van der Waals surface area contributed by atoms with Gasteiger partial charge in [-0.1, -0.05) is 22.9 Å². The van der Waals surface area contributed by atoms with E-state index >= 15 is 0 Å². The quantitative estimate of drug-likeness (QED) is 0.628. The molecule has 1 aromatic carbocycles. The average molecular weight is 356 g/mol. The van der Waals surface area contributed by atoms with E-state index in [4.69, 9.17) is 0 Å². The minimum absolute atomic E-state index is 0.178. The highest BCUT2D eigenvalue weighted by Gasteiger charge is 2.18. The van der Waals surface area contributed by atoms with Crippen LogP contribution in [-0.4, -0.2) is 36.0 Å². The fraction of sp³-hybridized carbons (Fsp3) is 0.600. The summed E-state index contributed by atoms with van der Waals surface area (Å²) in [6, 6.07) is 5.23. The summed E-state index contributed by atoms with van der Waals surface area (Å²) in [5, 5.41) is 14.4. The van der Waals surface area contributed by atoms with Crippen LogP contribution in [0.1, 0.15) is 25.3 Å². The van der Waals surface area contributed by atoms with Gasteiger partial charge in [0.15, 0.2) is 0 Å². The highest BCUT2D eigenvalue weighted by molar-refractivity contribution is 9.10. The van der Waals surface area contributed by atoms with E-state index in [1.165, 1.54) is 25.9 Å². The third-order valence-electron chi connectivity index (χ3n) is 4.15. The topological polar surface area (TPSA) is 58.4 Å². The monoisotopic (exact) mass is 355 g/mol. The van der Waals surface area contributed by atoms with E-state index in [0.29, 0.717) is 12.5 Å². The lowest BCUT2D eigenvalue weighted by atomic mass is 9.97. The van der Waals surface area contributed by atoms with Crippen molar-refractivity contribution in [2.24, 2.45) is 5.92 Å². The Balaban J connectivity index is 1.83. The van der Waals surface area contributed by atoms with Crippen LogP contribution in [0.25, 0.3) is 0 Å². The minimum Gasteiger partial charge on any atom is -0.312 e. The van der Waals surface area contributed by atoms with Gasteiger partial charge in [0.25, 0.3) is 5.69 Å². The fourth-order valence-corrected chi connectivity index (χ4v) is 3.12. The lowest BCUT2D eigenvalue weighted by molar-refractivity contribution is -0.385. The van der Waals surface area contributed by atoms with Gasteiger partial charge in [-0.2, -0.15) is 0 Å². The molecule has 0 aliphatic carbocycles. The Morgan fingerprint density at radius 3 is 2.76 bits per heavy atom. The molecular formula is C15H22BrN3O2. The number of benzene rings is 1. The molecule has 1 aliphatic rings. The number of nitro benzene ring substituents is 1. The summed E-state index contributed by atoms with van der Waals surface area (Å²) < 4.78 is 0.741. The molecule has 0 spiro atoms. The van der Waals surface area contributed by atoms with Gasteiger partial charge in [-0.3, -0.25) is 10.1 Å². The normalized spacial score (nSPS) is 17.0. The lowest BCUT2D eigenvalue weighted by Gasteiger charge is -2.31. The summed E-state index contributed by atoms with van der Waals surface area (Å²) in [5.74, 6) is 0.683. The Hall–Kier alpha value is -0.980. The Labute approximate surface area is 134 Å². The van der Waals surface area contributed by atoms with Crippen molar-refractivity contribution in [1.82, 2.24) is 10.2 Å². The van der Waals surface area contributed by atoms with E-state index in [2.05, 4.69) is 33.1 Å². The SMILES string of the molecule is CCN1CCC(CNCc2ccc(Br)cc2[N+](=O)[O-])CC1. The summed E-state index contributed by atoms with van der Waals surface area (Å²) in [6.07, 6.45) is 2.42. The van der Waals surface area contributed by atoms with Crippen molar-refractivity contribution in [3.8, 4) is 0 Å². The number of nitrogens with one attached hydrogen (secondary N) is 1. The number of halogens is 1. The van der Waals surface area contributed by atoms with E-state index < -0.39 is 0 Å². The maximum atomic E-state index is 11.1. The van der Waals surface area contributed by atoms with Gasteiger partial charge in [0, 0.05) is 22.6 Å². The Morgan fingerprint density at radius 2 is 2.14 bits per heavy atom. The molecule has 2 rings (SSSR count). The van der Waals surface area contributed by atoms with Gasteiger partial charge in [-0.25, -0.2) is 0 Å². The molecule has 1 heterocycles. The first-order valence-electron chi connectivity index (χ1n) is 7.46. The molecule has 6 heteroatoms. The molecule has 0 radical (unpaired) electrons. The zero-order valence-electron chi connectivity index (χ0n) is 12.3. The van der Waals surface area contributed by atoms with Crippen molar-refractivity contribution in [2.45, 2.75) is 26.3 Å². The van der Waals surface area contributed by atoms with Gasteiger partial charge in [0.05, 0.1) is 4.92 Å². The van der Waals surface area contributed by atoms with E-state index in [1.54, 1.807) is 6.07 Å². The summed E-state index contributed by atoms with van der Waals surface area (Å²) in [5.41, 5.74) is 0.923. The molecule has 0 unspecified atom stereocenters. The molecule has 0 saturated carbocycles. The van der Waals surface area contributed by atoms with Gasteiger partial charge >= 0.3 is 0 Å². The summed E-state index contributed by atoms with van der Waals surface area (Å²) in [6.45, 7) is 7.15. The molecule has 116 valence electrons. The summed E-state index contributed by atoms with van der Waals surface area (Å²) >= 11 is 3.28. The van der Waals surface area contributed by atoms with Crippen molar-refractivity contribution < 1.29 is 4.92 Å². The number of nitrogens with zero attached hydrogens (tertiary/aromatic N) is 2. The fourth-order valence-electron chi connectivity index (χ4n) is 2.77. The molecule has 0 atom stereocenters. The van der Waals surface area contributed by atoms with Crippen LogP contribution in [0.4, 0.5) is 5.69 Å². The molecule has 1 aromatic rings. The molecule has 0 amide bonds. The van der Waals surface area contributed by atoms with Crippen molar-refractivity contribution in [3.05, 3.63) is 38.3 Å². The Kier molecular flexibility index (Phi) is 6.14. The van der Waals surface area contributed by atoms with Crippen LogP contribution in [0.2, 0.25) is 0 Å². The Bertz CT molecular complexity index is 488. The predicted molar refractivity (Wildman–Crippen MR) is 87.3 cm³/mol. The number of piperidine rings is 1. The molecule has 5 nitrogen and oxygen atoms in total. The number of nitro groups is 1.